The monoisotopic (exact) mass is 357 g/mol. The molecule has 0 unspecified atom stereocenters. The molecule has 0 aliphatic heterocycles. The summed E-state index contributed by atoms with van der Waals surface area (Å²) >= 11 is 3.43. The normalized spacial score (nSPS) is 11.2. The standard InChI is InChI=1S/C18H13BrFNO/c1-12-9-14(19)5-7-17(12)21-11-16-6-8-18(22-16)13-3-2-4-15(20)10-13/h2-11H,1H3. The highest BCUT2D eigenvalue weighted by atomic mass is 79.9. The maximum Gasteiger partial charge on any atom is 0.145 e. The molecule has 1 heterocycles. The molecule has 1 aromatic heterocycles. The molecular weight excluding hydrogens is 345 g/mol. The van der Waals surface area contributed by atoms with E-state index < -0.39 is 0 Å². The summed E-state index contributed by atoms with van der Waals surface area (Å²) in [5, 5.41) is 0. The van der Waals surface area contributed by atoms with Crippen LogP contribution in [-0.2, 0) is 0 Å². The van der Waals surface area contributed by atoms with Gasteiger partial charge in [0.2, 0.25) is 0 Å². The Morgan fingerprint density at radius 3 is 2.73 bits per heavy atom. The first-order valence-corrected chi connectivity index (χ1v) is 7.57. The van der Waals surface area contributed by atoms with Crippen LogP contribution in [-0.4, -0.2) is 6.21 Å². The van der Waals surface area contributed by atoms with E-state index in [4.69, 9.17) is 4.42 Å². The molecule has 110 valence electrons. The average Bonchev–Trinajstić information content (AvgIpc) is 2.95. The summed E-state index contributed by atoms with van der Waals surface area (Å²) in [5.74, 6) is 0.963. The number of benzene rings is 2. The highest BCUT2D eigenvalue weighted by molar-refractivity contribution is 9.10. The van der Waals surface area contributed by atoms with Gasteiger partial charge in [0.1, 0.15) is 17.3 Å². The molecule has 0 aliphatic carbocycles. The molecule has 4 heteroatoms. The summed E-state index contributed by atoms with van der Waals surface area (Å²) in [6.45, 7) is 2.00. The van der Waals surface area contributed by atoms with Crippen molar-refractivity contribution in [3.05, 3.63) is 76.2 Å². The lowest BCUT2D eigenvalue weighted by Crippen LogP contribution is -1.79. The van der Waals surface area contributed by atoms with E-state index in [1.165, 1.54) is 12.1 Å². The van der Waals surface area contributed by atoms with Gasteiger partial charge in [-0.05, 0) is 55.0 Å². The van der Waals surface area contributed by atoms with Gasteiger partial charge in [-0.1, -0.05) is 28.1 Å². The second-order valence-corrected chi connectivity index (χ2v) is 5.82. The topological polar surface area (TPSA) is 25.5 Å². The fraction of sp³-hybridized carbons (Fsp3) is 0.0556. The quantitative estimate of drug-likeness (QED) is 0.535. The summed E-state index contributed by atoms with van der Waals surface area (Å²) in [5.41, 5.74) is 2.66. The lowest BCUT2D eigenvalue weighted by molar-refractivity contribution is 0.573. The van der Waals surface area contributed by atoms with Crippen molar-refractivity contribution < 1.29 is 8.81 Å². The molecular formula is C18H13BrFNO. The van der Waals surface area contributed by atoms with Crippen LogP contribution in [0.25, 0.3) is 11.3 Å². The average molecular weight is 358 g/mol. The minimum absolute atomic E-state index is 0.283. The molecule has 2 nitrogen and oxygen atoms in total. The molecule has 0 amide bonds. The van der Waals surface area contributed by atoms with Gasteiger partial charge in [-0.25, -0.2) is 4.39 Å². The molecule has 0 N–H and O–H groups in total. The van der Waals surface area contributed by atoms with E-state index in [-0.39, 0.29) is 5.82 Å². The van der Waals surface area contributed by atoms with Crippen molar-refractivity contribution >= 4 is 27.8 Å². The van der Waals surface area contributed by atoms with Gasteiger partial charge in [0, 0.05) is 10.0 Å². The van der Waals surface area contributed by atoms with E-state index in [0.717, 1.165) is 15.7 Å². The molecule has 0 fully saturated rings. The van der Waals surface area contributed by atoms with Crippen molar-refractivity contribution in [1.82, 2.24) is 0 Å². The summed E-state index contributed by atoms with van der Waals surface area (Å²) in [6.07, 6.45) is 1.67. The first-order chi connectivity index (χ1) is 10.6. The van der Waals surface area contributed by atoms with Crippen molar-refractivity contribution in [2.24, 2.45) is 4.99 Å². The second-order valence-electron chi connectivity index (χ2n) is 4.90. The van der Waals surface area contributed by atoms with Gasteiger partial charge in [-0.2, -0.15) is 0 Å². The highest BCUT2D eigenvalue weighted by Gasteiger charge is 2.04. The predicted molar refractivity (Wildman–Crippen MR) is 90.2 cm³/mol. The van der Waals surface area contributed by atoms with Crippen LogP contribution >= 0.6 is 15.9 Å². The van der Waals surface area contributed by atoms with Gasteiger partial charge in [-0.3, -0.25) is 4.99 Å². The molecule has 0 radical (unpaired) electrons. The number of furan rings is 1. The lowest BCUT2D eigenvalue weighted by atomic mass is 10.2. The van der Waals surface area contributed by atoms with Crippen molar-refractivity contribution in [2.75, 3.05) is 0 Å². The molecule has 2 aromatic carbocycles. The molecule has 3 rings (SSSR count). The minimum atomic E-state index is -0.283. The first kappa shape index (κ1) is 14.7. The Labute approximate surface area is 136 Å². The summed E-state index contributed by atoms with van der Waals surface area (Å²) in [7, 11) is 0. The van der Waals surface area contributed by atoms with Gasteiger partial charge in [0.15, 0.2) is 0 Å². The Morgan fingerprint density at radius 2 is 1.95 bits per heavy atom. The van der Waals surface area contributed by atoms with E-state index in [1.54, 1.807) is 12.3 Å². The number of aliphatic imine (C=N–C) groups is 1. The van der Waals surface area contributed by atoms with E-state index in [2.05, 4.69) is 20.9 Å². The van der Waals surface area contributed by atoms with Crippen LogP contribution in [0.3, 0.4) is 0 Å². The number of nitrogens with zero attached hydrogens (tertiary/aromatic N) is 1. The molecule has 0 spiro atoms. The molecule has 3 aromatic rings. The lowest BCUT2D eigenvalue weighted by Gasteiger charge is -1.99. The van der Waals surface area contributed by atoms with Crippen LogP contribution in [0.15, 0.2) is 68.5 Å². The minimum Gasteiger partial charge on any atom is -0.455 e. The maximum atomic E-state index is 13.2. The largest absolute Gasteiger partial charge is 0.455 e. The van der Waals surface area contributed by atoms with Crippen LogP contribution in [0.1, 0.15) is 11.3 Å². The number of hydrogen-bond donors (Lipinski definition) is 0. The third-order valence-electron chi connectivity index (χ3n) is 3.23. The maximum absolute atomic E-state index is 13.2. The van der Waals surface area contributed by atoms with Crippen LogP contribution in [0, 0.1) is 12.7 Å². The van der Waals surface area contributed by atoms with E-state index in [9.17, 15) is 4.39 Å². The van der Waals surface area contributed by atoms with Gasteiger partial charge in [-0.15, -0.1) is 0 Å². The third kappa shape index (κ3) is 3.34. The Balaban J connectivity index is 1.83. The molecule has 0 saturated heterocycles. The van der Waals surface area contributed by atoms with Crippen LogP contribution < -0.4 is 0 Å². The molecule has 22 heavy (non-hydrogen) atoms. The third-order valence-corrected chi connectivity index (χ3v) is 3.72. The fourth-order valence-electron chi connectivity index (χ4n) is 2.12. The fourth-order valence-corrected chi connectivity index (χ4v) is 2.59. The van der Waals surface area contributed by atoms with Crippen LogP contribution in [0.4, 0.5) is 10.1 Å². The first-order valence-electron chi connectivity index (χ1n) is 6.78. The SMILES string of the molecule is Cc1cc(Br)ccc1N=Cc1ccc(-c2cccc(F)c2)o1. The smallest absolute Gasteiger partial charge is 0.145 e. The number of hydrogen-bond acceptors (Lipinski definition) is 2. The second kappa shape index (κ2) is 6.28. The van der Waals surface area contributed by atoms with Gasteiger partial charge < -0.3 is 4.42 Å². The number of halogens is 2. The Kier molecular flexibility index (Phi) is 4.20. The van der Waals surface area contributed by atoms with Crippen LogP contribution in [0.2, 0.25) is 0 Å². The zero-order valence-corrected chi connectivity index (χ0v) is 13.5. The Hall–Kier alpha value is -2.20. The summed E-state index contributed by atoms with van der Waals surface area (Å²) in [4.78, 5) is 4.43. The van der Waals surface area contributed by atoms with Crippen molar-refractivity contribution in [3.63, 3.8) is 0 Å². The van der Waals surface area contributed by atoms with Crippen molar-refractivity contribution in [2.45, 2.75) is 6.92 Å². The zero-order chi connectivity index (χ0) is 15.5. The van der Waals surface area contributed by atoms with Gasteiger partial charge in [0.25, 0.3) is 0 Å². The Bertz CT molecular complexity index is 839. The van der Waals surface area contributed by atoms with E-state index in [0.29, 0.717) is 17.1 Å². The van der Waals surface area contributed by atoms with E-state index in [1.807, 2.05) is 43.3 Å². The summed E-state index contributed by atoms with van der Waals surface area (Å²) < 4.78 is 19.9. The molecule has 0 aliphatic rings. The molecule has 0 saturated carbocycles. The van der Waals surface area contributed by atoms with E-state index >= 15 is 0 Å². The van der Waals surface area contributed by atoms with Crippen LogP contribution in [0.5, 0.6) is 0 Å². The van der Waals surface area contributed by atoms with Gasteiger partial charge >= 0.3 is 0 Å². The Morgan fingerprint density at radius 1 is 1.09 bits per heavy atom. The highest BCUT2D eigenvalue weighted by Crippen LogP contribution is 2.24. The summed E-state index contributed by atoms with van der Waals surface area (Å²) in [6, 6.07) is 15.8. The van der Waals surface area contributed by atoms with Crippen molar-refractivity contribution in [1.29, 1.82) is 0 Å². The van der Waals surface area contributed by atoms with Gasteiger partial charge in [0.05, 0.1) is 11.9 Å². The number of rotatable bonds is 3. The van der Waals surface area contributed by atoms with Crippen molar-refractivity contribution in [3.8, 4) is 11.3 Å². The number of aryl methyl sites for hydroxylation is 1. The zero-order valence-electron chi connectivity index (χ0n) is 11.9. The predicted octanol–water partition coefficient (Wildman–Crippen LogP) is 5.91. The molecule has 0 atom stereocenters. The molecule has 0 bridgehead atoms.